The molecule has 0 radical (unpaired) electrons. The van der Waals surface area contributed by atoms with Gasteiger partial charge in [0, 0.05) is 36.6 Å². The Morgan fingerprint density at radius 1 is 1.22 bits per heavy atom. The van der Waals surface area contributed by atoms with Crippen LogP contribution in [-0.2, 0) is 13.1 Å². The normalized spacial score (nSPS) is 18.9. The molecule has 3 rings (SSSR count). The second kappa shape index (κ2) is 6.45. The summed E-state index contributed by atoms with van der Waals surface area (Å²) in [6.07, 6.45) is 1.14. The van der Waals surface area contributed by atoms with Crippen LogP contribution in [-0.4, -0.2) is 49.3 Å². The van der Waals surface area contributed by atoms with Gasteiger partial charge in [0.05, 0.1) is 30.6 Å². The Bertz CT molecular complexity index is 687. The summed E-state index contributed by atoms with van der Waals surface area (Å²) in [5, 5.41) is 18.3. The third-order valence-corrected chi connectivity index (χ3v) is 4.86. The molecule has 126 valence electrons. The fraction of sp³-hybridized carbons (Fsp3) is 0.647. The Hall–Kier alpha value is -1.66. The van der Waals surface area contributed by atoms with Crippen LogP contribution in [0.15, 0.2) is 6.07 Å². The van der Waals surface area contributed by atoms with Crippen LogP contribution in [0.5, 0.6) is 0 Å². The molecule has 1 N–H and O–H groups in total. The van der Waals surface area contributed by atoms with Gasteiger partial charge in [-0.25, -0.2) is 0 Å². The first-order valence-corrected chi connectivity index (χ1v) is 8.38. The van der Waals surface area contributed by atoms with Crippen LogP contribution in [0.4, 0.5) is 0 Å². The van der Waals surface area contributed by atoms with E-state index in [1.54, 1.807) is 0 Å². The number of nitrogens with zero attached hydrogens (tertiary/aromatic N) is 5. The van der Waals surface area contributed by atoms with Crippen molar-refractivity contribution >= 4 is 0 Å². The summed E-state index contributed by atoms with van der Waals surface area (Å²) >= 11 is 0. The van der Waals surface area contributed by atoms with E-state index in [0.29, 0.717) is 12.6 Å². The maximum atomic E-state index is 9.14. The summed E-state index contributed by atoms with van der Waals surface area (Å²) in [5.41, 5.74) is 5.89. The van der Waals surface area contributed by atoms with Gasteiger partial charge in [0.25, 0.3) is 0 Å². The van der Waals surface area contributed by atoms with E-state index in [1.165, 1.54) is 17.0 Å². The van der Waals surface area contributed by atoms with Gasteiger partial charge in [0.1, 0.15) is 0 Å². The lowest BCUT2D eigenvalue weighted by molar-refractivity contribution is 0.267. The van der Waals surface area contributed by atoms with Gasteiger partial charge in [-0.2, -0.15) is 10.2 Å². The molecule has 1 saturated heterocycles. The van der Waals surface area contributed by atoms with E-state index in [4.69, 9.17) is 5.11 Å². The molecular formula is C17H27N5O. The fourth-order valence-electron chi connectivity index (χ4n) is 3.67. The van der Waals surface area contributed by atoms with Crippen molar-refractivity contribution in [1.82, 2.24) is 24.5 Å². The first-order chi connectivity index (χ1) is 11.0. The summed E-state index contributed by atoms with van der Waals surface area (Å²) in [4.78, 5) is 2.49. The lowest BCUT2D eigenvalue weighted by Gasteiger charge is -2.17. The van der Waals surface area contributed by atoms with E-state index >= 15 is 0 Å². The van der Waals surface area contributed by atoms with E-state index < -0.39 is 0 Å². The average molecular weight is 317 g/mol. The Morgan fingerprint density at radius 2 is 2.00 bits per heavy atom. The molecule has 1 fully saturated rings. The number of likely N-dealkylation sites (tertiary alicyclic amines) is 1. The maximum absolute atomic E-state index is 9.14. The van der Waals surface area contributed by atoms with Crippen LogP contribution >= 0.6 is 0 Å². The smallest absolute Gasteiger partial charge is 0.0661 e. The van der Waals surface area contributed by atoms with Crippen molar-refractivity contribution in [1.29, 1.82) is 0 Å². The van der Waals surface area contributed by atoms with Gasteiger partial charge in [-0.1, -0.05) is 0 Å². The Morgan fingerprint density at radius 3 is 2.65 bits per heavy atom. The highest BCUT2D eigenvalue weighted by atomic mass is 16.3. The molecule has 6 nitrogen and oxygen atoms in total. The minimum absolute atomic E-state index is 0.130. The van der Waals surface area contributed by atoms with Gasteiger partial charge >= 0.3 is 0 Å². The monoisotopic (exact) mass is 317 g/mol. The molecule has 0 unspecified atom stereocenters. The minimum atomic E-state index is 0.130. The summed E-state index contributed by atoms with van der Waals surface area (Å²) < 4.78 is 4.10. The first kappa shape index (κ1) is 16.2. The summed E-state index contributed by atoms with van der Waals surface area (Å²) in [5.74, 6) is 0. The molecule has 6 heteroatoms. The lowest BCUT2D eigenvalue weighted by atomic mass is 10.2. The Kier molecular flexibility index (Phi) is 4.55. The number of hydrogen-bond donors (Lipinski definition) is 1. The van der Waals surface area contributed by atoms with Gasteiger partial charge in [-0.15, -0.1) is 0 Å². The van der Waals surface area contributed by atoms with Crippen LogP contribution in [0, 0.1) is 27.7 Å². The van der Waals surface area contributed by atoms with Crippen LogP contribution in [0.1, 0.15) is 40.8 Å². The van der Waals surface area contributed by atoms with Crippen molar-refractivity contribution in [3.8, 4) is 0 Å². The molecule has 2 aromatic rings. The molecule has 1 aliphatic heterocycles. The van der Waals surface area contributed by atoms with Crippen LogP contribution in [0.3, 0.4) is 0 Å². The van der Waals surface area contributed by atoms with E-state index in [0.717, 1.165) is 37.4 Å². The molecule has 0 spiro atoms. The molecule has 23 heavy (non-hydrogen) atoms. The number of aromatic nitrogens is 4. The SMILES string of the molecule is Cc1cc(C)n([C@@H]2CCN(Cc3c(C)nn(CCO)c3C)C2)n1. The van der Waals surface area contributed by atoms with E-state index in [9.17, 15) is 0 Å². The van der Waals surface area contributed by atoms with Crippen molar-refractivity contribution in [2.24, 2.45) is 0 Å². The van der Waals surface area contributed by atoms with Crippen molar-refractivity contribution in [3.63, 3.8) is 0 Å². The molecular weight excluding hydrogens is 290 g/mol. The van der Waals surface area contributed by atoms with Gasteiger partial charge in [-0.3, -0.25) is 14.3 Å². The highest BCUT2D eigenvalue weighted by Crippen LogP contribution is 2.26. The number of hydrogen-bond acceptors (Lipinski definition) is 4. The van der Waals surface area contributed by atoms with Crippen molar-refractivity contribution < 1.29 is 5.11 Å². The average Bonchev–Trinajstić information content (AvgIpc) is 3.15. The summed E-state index contributed by atoms with van der Waals surface area (Å²) in [6.45, 7) is 12.1. The second-order valence-corrected chi connectivity index (χ2v) is 6.65. The third kappa shape index (κ3) is 3.19. The highest BCUT2D eigenvalue weighted by Gasteiger charge is 2.27. The zero-order valence-corrected chi connectivity index (χ0v) is 14.6. The van der Waals surface area contributed by atoms with Crippen LogP contribution in [0.2, 0.25) is 0 Å². The molecule has 1 aliphatic rings. The summed E-state index contributed by atoms with van der Waals surface area (Å²) in [7, 11) is 0. The molecule has 0 bridgehead atoms. The zero-order chi connectivity index (χ0) is 16.6. The van der Waals surface area contributed by atoms with Crippen LogP contribution < -0.4 is 0 Å². The topological polar surface area (TPSA) is 59.1 Å². The molecule has 1 atom stereocenters. The van der Waals surface area contributed by atoms with Gasteiger partial charge in [0.2, 0.25) is 0 Å². The van der Waals surface area contributed by atoms with Gasteiger partial charge in [-0.05, 0) is 40.2 Å². The molecule has 2 aromatic heterocycles. The first-order valence-electron chi connectivity index (χ1n) is 8.38. The standard InChI is InChI=1S/C17H27N5O/c1-12-9-13(2)22(18-12)16-5-6-20(10-16)11-17-14(3)19-21(7-8-23)15(17)4/h9,16,23H,5-8,10-11H2,1-4H3/t16-/m1/s1. The van der Waals surface area contributed by atoms with E-state index in [1.807, 2.05) is 4.68 Å². The third-order valence-electron chi connectivity index (χ3n) is 4.86. The molecule has 3 heterocycles. The van der Waals surface area contributed by atoms with Crippen LogP contribution in [0.25, 0.3) is 0 Å². The van der Waals surface area contributed by atoms with Crippen molar-refractivity contribution in [2.45, 2.75) is 53.2 Å². The number of aliphatic hydroxyl groups excluding tert-OH is 1. The molecule has 0 amide bonds. The molecule has 0 saturated carbocycles. The minimum Gasteiger partial charge on any atom is -0.394 e. The summed E-state index contributed by atoms with van der Waals surface area (Å²) in [6, 6.07) is 2.62. The molecule has 0 aliphatic carbocycles. The van der Waals surface area contributed by atoms with Gasteiger partial charge < -0.3 is 5.11 Å². The number of rotatable bonds is 5. The van der Waals surface area contributed by atoms with E-state index in [2.05, 4.69) is 53.5 Å². The molecule has 0 aromatic carbocycles. The number of aliphatic hydroxyl groups is 1. The fourth-order valence-corrected chi connectivity index (χ4v) is 3.67. The Balaban J connectivity index is 1.70. The highest BCUT2D eigenvalue weighted by molar-refractivity contribution is 5.24. The predicted molar refractivity (Wildman–Crippen MR) is 89.4 cm³/mol. The predicted octanol–water partition coefficient (Wildman–Crippen LogP) is 1.75. The largest absolute Gasteiger partial charge is 0.394 e. The quantitative estimate of drug-likeness (QED) is 0.913. The number of aryl methyl sites for hydroxylation is 3. The van der Waals surface area contributed by atoms with Crippen molar-refractivity contribution in [3.05, 3.63) is 34.4 Å². The lowest BCUT2D eigenvalue weighted by Crippen LogP contribution is -2.22. The Labute approximate surface area is 137 Å². The van der Waals surface area contributed by atoms with Crippen molar-refractivity contribution in [2.75, 3.05) is 19.7 Å². The zero-order valence-electron chi connectivity index (χ0n) is 14.6. The van der Waals surface area contributed by atoms with E-state index in [-0.39, 0.29) is 6.61 Å². The second-order valence-electron chi connectivity index (χ2n) is 6.65. The van der Waals surface area contributed by atoms with Gasteiger partial charge in [0.15, 0.2) is 0 Å². The maximum Gasteiger partial charge on any atom is 0.0661 e.